The first-order chi connectivity index (χ1) is 17.3. The van der Waals surface area contributed by atoms with Gasteiger partial charge in [-0.25, -0.2) is 0 Å². The molecule has 5 aromatic rings. The first-order valence-corrected chi connectivity index (χ1v) is 12.6. The molecule has 3 heterocycles. The largest absolute Gasteiger partial charge is 0.308 e. The van der Waals surface area contributed by atoms with Crippen LogP contribution >= 0.6 is 0 Å². The maximum atomic E-state index is 4.88. The van der Waals surface area contributed by atoms with E-state index in [9.17, 15) is 0 Å². The van der Waals surface area contributed by atoms with Gasteiger partial charge in [0.1, 0.15) is 0 Å². The first-order valence-electron chi connectivity index (χ1n) is 12.6. The summed E-state index contributed by atoms with van der Waals surface area (Å²) in [4.78, 5) is 7.42. The Bertz CT molecular complexity index is 1760. The molecule has 164 valence electrons. The highest BCUT2D eigenvalue weighted by Gasteiger charge is 2.35. The molecule has 0 spiro atoms. The zero-order chi connectivity index (χ0) is 22.7. The van der Waals surface area contributed by atoms with Crippen molar-refractivity contribution < 1.29 is 0 Å². The van der Waals surface area contributed by atoms with Crippen LogP contribution in [0.5, 0.6) is 0 Å². The maximum Gasteiger partial charge on any atom is 0.0716 e. The molecule has 35 heavy (non-hydrogen) atoms. The van der Waals surface area contributed by atoms with Crippen LogP contribution in [-0.4, -0.2) is 4.98 Å². The van der Waals surface area contributed by atoms with Crippen LogP contribution in [0.25, 0.3) is 22.3 Å². The summed E-state index contributed by atoms with van der Waals surface area (Å²) in [6.07, 6.45) is 5.93. The Hall–Kier alpha value is -4.17. The van der Waals surface area contributed by atoms with Gasteiger partial charge in [-0.3, -0.25) is 4.98 Å². The fourth-order valence-electron chi connectivity index (χ4n) is 6.98. The van der Waals surface area contributed by atoms with Crippen LogP contribution in [0.15, 0.2) is 85.1 Å². The van der Waals surface area contributed by atoms with E-state index in [4.69, 9.17) is 4.98 Å². The van der Waals surface area contributed by atoms with Crippen molar-refractivity contribution in [1.29, 1.82) is 0 Å². The zero-order valence-electron chi connectivity index (χ0n) is 19.3. The zero-order valence-corrected chi connectivity index (χ0v) is 19.3. The van der Waals surface area contributed by atoms with Crippen LogP contribution in [0.2, 0.25) is 0 Å². The van der Waals surface area contributed by atoms with Crippen LogP contribution in [0.4, 0.5) is 17.1 Å². The minimum Gasteiger partial charge on any atom is -0.308 e. The molecule has 2 aliphatic carbocycles. The lowest BCUT2D eigenvalue weighted by Crippen LogP contribution is -2.25. The monoisotopic (exact) mass is 446 g/mol. The summed E-state index contributed by atoms with van der Waals surface area (Å²) in [7, 11) is 0. The summed E-state index contributed by atoms with van der Waals surface area (Å²) in [5.41, 5.74) is 20.8. The van der Waals surface area contributed by atoms with Crippen LogP contribution in [-0.2, 0) is 25.7 Å². The SMILES string of the molecule is c1ccc2c(c1)Cc1cc3c(cc1-2)Cc1ccnc2c1N3c1cc3c(cc1C2)Cc1ccccc1-3. The highest BCUT2D eigenvalue weighted by atomic mass is 15.2. The molecule has 0 fully saturated rings. The van der Waals surface area contributed by atoms with E-state index in [1.807, 2.05) is 6.20 Å². The van der Waals surface area contributed by atoms with Crippen molar-refractivity contribution >= 4 is 17.1 Å². The van der Waals surface area contributed by atoms with E-state index in [1.54, 1.807) is 0 Å². The molecule has 2 nitrogen and oxygen atoms in total. The predicted octanol–water partition coefficient (Wildman–Crippen LogP) is 7.50. The summed E-state index contributed by atoms with van der Waals surface area (Å²) in [5.74, 6) is 0. The molecule has 0 N–H and O–H groups in total. The van der Waals surface area contributed by atoms with Gasteiger partial charge in [0.2, 0.25) is 0 Å². The molecule has 4 aromatic carbocycles. The first kappa shape index (κ1) is 18.2. The highest BCUT2D eigenvalue weighted by molar-refractivity contribution is 5.93. The van der Waals surface area contributed by atoms with E-state index in [-0.39, 0.29) is 0 Å². The summed E-state index contributed by atoms with van der Waals surface area (Å²) in [6, 6.07) is 29.9. The van der Waals surface area contributed by atoms with E-state index in [1.165, 1.54) is 84.0 Å². The van der Waals surface area contributed by atoms with Gasteiger partial charge in [0.25, 0.3) is 0 Å². The fraction of sp³-hybridized carbons (Fsp3) is 0.121. The van der Waals surface area contributed by atoms with Crippen molar-refractivity contribution in [1.82, 2.24) is 4.98 Å². The van der Waals surface area contributed by atoms with Crippen LogP contribution in [0.3, 0.4) is 0 Å². The summed E-state index contributed by atoms with van der Waals surface area (Å²) < 4.78 is 0. The highest BCUT2D eigenvalue weighted by Crippen LogP contribution is 2.53. The number of hydrogen-bond donors (Lipinski definition) is 0. The molecule has 0 atom stereocenters. The third-order valence-corrected chi connectivity index (χ3v) is 8.51. The standard InChI is InChI=1S/C33H22N2/c1-3-7-26-20(6-1)12-23-17-31-24(15-28(23)26)13-21-9-10-34-30-16-25-14-22-11-19-5-2-4-8-27(19)29(22)18-32(25)35(31)33(21)30/h1-10,14-15,17-18H,11-13,16H2. The number of nitrogens with zero attached hydrogens (tertiary/aromatic N) is 2. The second kappa shape index (κ2) is 6.28. The molecule has 4 aliphatic rings. The van der Waals surface area contributed by atoms with Gasteiger partial charge in [-0.2, -0.15) is 0 Å². The topological polar surface area (TPSA) is 16.1 Å². The number of aromatic nitrogens is 1. The lowest BCUT2D eigenvalue weighted by Gasteiger charge is -2.39. The van der Waals surface area contributed by atoms with Gasteiger partial charge in [-0.15, -0.1) is 0 Å². The molecule has 0 saturated carbocycles. The maximum absolute atomic E-state index is 4.88. The van der Waals surface area contributed by atoms with Crippen LogP contribution < -0.4 is 4.90 Å². The van der Waals surface area contributed by atoms with Gasteiger partial charge in [0.05, 0.1) is 22.8 Å². The van der Waals surface area contributed by atoms with Gasteiger partial charge in [-0.1, -0.05) is 54.6 Å². The fourth-order valence-corrected chi connectivity index (χ4v) is 6.98. The van der Waals surface area contributed by atoms with Gasteiger partial charge in [0.15, 0.2) is 0 Å². The Morgan fingerprint density at radius 3 is 1.91 bits per heavy atom. The Labute approximate surface area is 204 Å². The minimum atomic E-state index is 0.907. The van der Waals surface area contributed by atoms with E-state index in [0.717, 1.165) is 25.7 Å². The molecule has 1 aromatic heterocycles. The Kier molecular flexibility index (Phi) is 3.27. The lowest BCUT2D eigenvalue weighted by molar-refractivity contribution is 0.957. The predicted molar refractivity (Wildman–Crippen MR) is 141 cm³/mol. The Morgan fingerprint density at radius 1 is 0.486 bits per heavy atom. The van der Waals surface area contributed by atoms with Crippen molar-refractivity contribution in [2.45, 2.75) is 25.7 Å². The number of fused-ring (bicyclic) bond motifs is 10. The molecule has 2 aliphatic heterocycles. The third-order valence-electron chi connectivity index (χ3n) is 8.51. The molecule has 0 saturated heterocycles. The number of benzene rings is 4. The van der Waals surface area contributed by atoms with E-state index in [2.05, 4.69) is 83.8 Å². The van der Waals surface area contributed by atoms with Gasteiger partial charge >= 0.3 is 0 Å². The van der Waals surface area contributed by atoms with Gasteiger partial charge in [-0.05, 0) is 98.3 Å². The van der Waals surface area contributed by atoms with Crippen molar-refractivity contribution in [2.24, 2.45) is 0 Å². The third kappa shape index (κ3) is 2.32. The minimum absolute atomic E-state index is 0.907. The second-order valence-electron chi connectivity index (χ2n) is 10.4. The Morgan fingerprint density at radius 2 is 1.11 bits per heavy atom. The van der Waals surface area contributed by atoms with Crippen molar-refractivity contribution in [3.8, 4) is 22.3 Å². The van der Waals surface area contributed by atoms with Gasteiger partial charge in [0, 0.05) is 19.0 Å². The molecule has 0 amide bonds. The summed E-state index contributed by atoms with van der Waals surface area (Å²) >= 11 is 0. The van der Waals surface area contributed by atoms with Crippen molar-refractivity contribution in [3.05, 3.63) is 130 Å². The van der Waals surface area contributed by atoms with E-state index >= 15 is 0 Å². The number of rotatable bonds is 0. The van der Waals surface area contributed by atoms with E-state index < -0.39 is 0 Å². The molecule has 0 radical (unpaired) electrons. The van der Waals surface area contributed by atoms with Crippen LogP contribution in [0, 0.1) is 0 Å². The van der Waals surface area contributed by atoms with E-state index in [0.29, 0.717) is 0 Å². The number of anilines is 3. The van der Waals surface area contributed by atoms with Gasteiger partial charge < -0.3 is 4.90 Å². The molecule has 0 bridgehead atoms. The smallest absolute Gasteiger partial charge is 0.0716 e. The number of pyridine rings is 1. The van der Waals surface area contributed by atoms with Crippen molar-refractivity contribution in [3.63, 3.8) is 0 Å². The molecule has 2 heteroatoms. The van der Waals surface area contributed by atoms with Crippen LogP contribution in [0.1, 0.15) is 44.6 Å². The summed E-state index contributed by atoms with van der Waals surface area (Å²) in [5, 5.41) is 0. The normalized spacial score (nSPS) is 14.9. The number of hydrogen-bond acceptors (Lipinski definition) is 2. The average molecular weight is 447 g/mol. The summed E-state index contributed by atoms with van der Waals surface area (Å²) in [6.45, 7) is 0. The molecular formula is C33H22N2. The second-order valence-corrected chi connectivity index (χ2v) is 10.4. The lowest BCUT2D eigenvalue weighted by atomic mass is 9.86. The molecule has 9 rings (SSSR count). The Balaban J connectivity index is 1.30. The molecule has 0 unspecified atom stereocenters. The molecular weight excluding hydrogens is 424 g/mol. The average Bonchev–Trinajstić information content (AvgIpc) is 3.43. The van der Waals surface area contributed by atoms with Crippen molar-refractivity contribution in [2.75, 3.05) is 4.90 Å². The quantitative estimate of drug-likeness (QED) is 0.240.